The van der Waals surface area contributed by atoms with Gasteiger partial charge in [0.05, 0.1) is 6.10 Å². The molecule has 1 unspecified atom stereocenters. The van der Waals surface area contributed by atoms with Crippen molar-refractivity contribution in [1.29, 1.82) is 0 Å². The van der Waals surface area contributed by atoms with Gasteiger partial charge in [0.25, 0.3) is 0 Å². The molecule has 0 saturated carbocycles. The van der Waals surface area contributed by atoms with E-state index in [0.717, 1.165) is 0 Å². The van der Waals surface area contributed by atoms with Gasteiger partial charge in [-0.2, -0.15) is 11.8 Å². The summed E-state index contributed by atoms with van der Waals surface area (Å²) in [5.74, 6) is 0.428. The van der Waals surface area contributed by atoms with E-state index < -0.39 is 6.10 Å². The van der Waals surface area contributed by atoms with Crippen molar-refractivity contribution in [3.8, 4) is 0 Å². The highest BCUT2D eigenvalue weighted by Gasteiger charge is 2.09. The van der Waals surface area contributed by atoms with Gasteiger partial charge in [-0.05, 0) is 16.9 Å². The zero-order valence-corrected chi connectivity index (χ0v) is 9.93. The Morgan fingerprint density at radius 2 is 2.00 bits per heavy atom. The first-order valence-corrected chi connectivity index (χ1v) is 6.17. The third-order valence-corrected chi connectivity index (χ3v) is 3.28. The normalized spacial score (nSPS) is 13.1. The molecular weight excluding hydrogens is 211 g/mol. The van der Waals surface area contributed by atoms with Crippen LogP contribution in [0.5, 0.6) is 0 Å². The van der Waals surface area contributed by atoms with Crippen molar-refractivity contribution in [2.24, 2.45) is 0 Å². The number of aliphatic hydroxyl groups excluding tert-OH is 1. The lowest BCUT2D eigenvalue weighted by Crippen LogP contribution is -2.15. The first kappa shape index (κ1) is 12.5. The van der Waals surface area contributed by atoms with Gasteiger partial charge < -0.3 is 5.11 Å². The Bertz CT molecular complexity index is 301. The topological polar surface area (TPSA) is 20.2 Å². The Hall–Kier alpha value is -0.540. The minimum Gasteiger partial charge on any atom is -0.392 e. The molecule has 1 nitrogen and oxygen atoms in total. The number of thioether (sulfide) groups is 1. The molecule has 1 atom stereocenters. The summed E-state index contributed by atoms with van der Waals surface area (Å²) in [6.07, 6.45) is -0.0684. The number of halogens is 1. The van der Waals surface area contributed by atoms with Gasteiger partial charge in [-0.25, -0.2) is 4.39 Å². The smallest absolute Gasteiger partial charge is 0.126 e. The van der Waals surface area contributed by atoms with Crippen LogP contribution in [0.15, 0.2) is 24.3 Å². The molecule has 0 amide bonds. The molecule has 0 aliphatic heterocycles. The summed E-state index contributed by atoms with van der Waals surface area (Å²) in [5, 5.41) is 10.2. The average Bonchev–Trinajstić information content (AvgIpc) is 2.18. The second-order valence-corrected chi connectivity index (χ2v) is 5.44. The lowest BCUT2D eigenvalue weighted by atomic mass is 10.1. The zero-order valence-electron chi connectivity index (χ0n) is 9.11. The average molecular weight is 228 g/mol. The Kier molecular flexibility index (Phi) is 5.12. The number of hydrogen-bond acceptors (Lipinski definition) is 2. The van der Waals surface area contributed by atoms with Crippen molar-refractivity contribution in [2.75, 3.05) is 5.75 Å². The third kappa shape index (κ3) is 4.67. The summed E-state index contributed by atoms with van der Waals surface area (Å²) in [6, 6.07) is 6.60. The molecule has 3 heteroatoms. The summed E-state index contributed by atoms with van der Waals surface area (Å²) in [6.45, 7) is 4.17. The first-order chi connectivity index (χ1) is 7.09. The van der Waals surface area contributed by atoms with Gasteiger partial charge in [0.1, 0.15) is 5.82 Å². The fourth-order valence-corrected chi connectivity index (χ4v) is 2.01. The highest BCUT2D eigenvalue weighted by molar-refractivity contribution is 7.99. The molecule has 0 aliphatic carbocycles. The largest absolute Gasteiger partial charge is 0.392 e. The number of benzene rings is 1. The quantitative estimate of drug-likeness (QED) is 0.836. The van der Waals surface area contributed by atoms with Crippen LogP contribution in [0.1, 0.15) is 19.4 Å². The Morgan fingerprint density at radius 3 is 2.60 bits per heavy atom. The Labute approximate surface area is 94.7 Å². The second kappa shape index (κ2) is 6.13. The SMILES string of the molecule is CC(C)SCC(O)Cc1ccccc1F. The van der Waals surface area contributed by atoms with Crippen molar-refractivity contribution >= 4 is 11.8 Å². The summed E-state index contributed by atoms with van der Waals surface area (Å²) >= 11 is 1.69. The lowest BCUT2D eigenvalue weighted by molar-refractivity contribution is 0.198. The van der Waals surface area contributed by atoms with Gasteiger partial charge in [0.15, 0.2) is 0 Å². The van der Waals surface area contributed by atoms with Crippen molar-refractivity contribution in [3.05, 3.63) is 35.6 Å². The Balaban J connectivity index is 2.44. The lowest BCUT2D eigenvalue weighted by Gasteiger charge is -2.12. The van der Waals surface area contributed by atoms with E-state index in [-0.39, 0.29) is 5.82 Å². The Morgan fingerprint density at radius 1 is 1.33 bits per heavy atom. The van der Waals surface area contributed by atoms with Crippen molar-refractivity contribution in [2.45, 2.75) is 31.6 Å². The van der Waals surface area contributed by atoms with Gasteiger partial charge in [-0.1, -0.05) is 32.0 Å². The van der Waals surface area contributed by atoms with Crippen LogP contribution in [-0.4, -0.2) is 22.2 Å². The molecule has 84 valence electrons. The van der Waals surface area contributed by atoms with Crippen LogP contribution in [0.4, 0.5) is 4.39 Å². The van der Waals surface area contributed by atoms with Gasteiger partial charge in [0, 0.05) is 12.2 Å². The van der Waals surface area contributed by atoms with Crippen LogP contribution >= 0.6 is 11.8 Å². The standard InChI is InChI=1S/C12H17FOS/c1-9(2)15-8-11(14)7-10-5-3-4-6-12(10)13/h3-6,9,11,14H,7-8H2,1-2H3. The van der Waals surface area contributed by atoms with E-state index in [4.69, 9.17) is 0 Å². The molecule has 0 aromatic heterocycles. The molecule has 1 aromatic carbocycles. The number of rotatable bonds is 5. The van der Waals surface area contributed by atoms with Gasteiger partial charge >= 0.3 is 0 Å². The van der Waals surface area contributed by atoms with Crippen LogP contribution in [0.3, 0.4) is 0 Å². The van der Waals surface area contributed by atoms with Crippen LogP contribution < -0.4 is 0 Å². The molecule has 0 heterocycles. The zero-order chi connectivity index (χ0) is 11.3. The molecule has 15 heavy (non-hydrogen) atoms. The van der Waals surface area contributed by atoms with E-state index in [1.165, 1.54) is 6.07 Å². The number of aliphatic hydroxyl groups is 1. The summed E-state index contributed by atoms with van der Waals surface area (Å²) in [4.78, 5) is 0. The van der Waals surface area contributed by atoms with E-state index in [1.54, 1.807) is 30.0 Å². The molecule has 0 aliphatic rings. The highest BCUT2D eigenvalue weighted by atomic mass is 32.2. The minimum atomic E-state index is -0.464. The van der Waals surface area contributed by atoms with E-state index in [0.29, 0.717) is 23.0 Å². The molecular formula is C12H17FOS. The summed E-state index contributed by atoms with van der Waals surface area (Å²) < 4.78 is 13.2. The molecule has 1 rings (SSSR count). The van der Waals surface area contributed by atoms with Crippen molar-refractivity contribution < 1.29 is 9.50 Å². The molecule has 1 aromatic rings. The van der Waals surface area contributed by atoms with Gasteiger partial charge in [-0.3, -0.25) is 0 Å². The highest BCUT2D eigenvalue weighted by Crippen LogP contribution is 2.15. The van der Waals surface area contributed by atoms with Crippen molar-refractivity contribution in [3.63, 3.8) is 0 Å². The predicted octanol–water partition coefficient (Wildman–Crippen LogP) is 2.87. The number of hydrogen-bond donors (Lipinski definition) is 1. The van der Waals surface area contributed by atoms with E-state index in [2.05, 4.69) is 13.8 Å². The van der Waals surface area contributed by atoms with E-state index >= 15 is 0 Å². The maximum Gasteiger partial charge on any atom is 0.126 e. The van der Waals surface area contributed by atoms with Crippen LogP contribution in [0, 0.1) is 5.82 Å². The van der Waals surface area contributed by atoms with E-state index in [1.807, 2.05) is 0 Å². The molecule has 0 fully saturated rings. The maximum absolute atomic E-state index is 13.2. The molecule has 1 N–H and O–H groups in total. The van der Waals surface area contributed by atoms with Crippen molar-refractivity contribution in [1.82, 2.24) is 0 Å². The molecule has 0 saturated heterocycles. The second-order valence-electron chi connectivity index (χ2n) is 3.83. The van der Waals surface area contributed by atoms with Crippen LogP contribution in [0.25, 0.3) is 0 Å². The van der Waals surface area contributed by atoms with Gasteiger partial charge in [-0.15, -0.1) is 0 Å². The molecule has 0 bridgehead atoms. The monoisotopic (exact) mass is 228 g/mol. The fourth-order valence-electron chi connectivity index (χ4n) is 1.28. The van der Waals surface area contributed by atoms with Crippen LogP contribution in [-0.2, 0) is 6.42 Å². The third-order valence-electron chi connectivity index (χ3n) is 2.04. The first-order valence-electron chi connectivity index (χ1n) is 5.12. The molecule has 0 radical (unpaired) electrons. The summed E-state index contributed by atoms with van der Waals surface area (Å²) in [5.41, 5.74) is 0.592. The summed E-state index contributed by atoms with van der Waals surface area (Å²) in [7, 11) is 0. The van der Waals surface area contributed by atoms with Crippen LogP contribution in [0.2, 0.25) is 0 Å². The van der Waals surface area contributed by atoms with Gasteiger partial charge in [0.2, 0.25) is 0 Å². The maximum atomic E-state index is 13.2. The molecule has 0 spiro atoms. The van der Waals surface area contributed by atoms with E-state index in [9.17, 15) is 9.50 Å². The predicted molar refractivity (Wildman–Crippen MR) is 63.7 cm³/mol. The minimum absolute atomic E-state index is 0.230. The fraction of sp³-hybridized carbons (Fsp3) is 0.500.